The van der Waals surface area contributed by atoms with Crippen LogP contribution in [0.2, 0.25) is 0 Å². The van der Waals surface area contributed by atoms with Crippen molar-refractivity contribution in [1.29, 1.82) is 0 Å². The fourth-order valence-corrected chi connectivity index (χ4v) is 3.26. The number of hydrogen-bond donors (Lipinski definition) is 2. The molecule has 0 heterocycles. The molecule has 1 aromatic carbocycles. The van der Waals surface area contributed by atoms with E-state index in [1.165, 1.54) is 0 Å². The Bertz CT molecular complexity index is 628. The summed E-state index contributed by atoms with van der Waals surface area (Å²) in [6.45, 7) is 0. The second-order valence-corrected chi connectivity index (χ2v) is 6.66. The van der Waals surface area contributed by atoms with E-state index in [4.69, 9.17) is 0 Å². The van der Waals surface area contributed by atoms with Crippen molar-refractivity contribution < 1.29 is 22.0 Å². The third kappa shape index (κ3) is 3.98. The van der Waals surface area contributed by atoms with E-state index >= 15 is 0 Å². The summed E-state index contributed by atoms with van der Waals surface area (Å²) in [7, 11) is -4.34. The maximum absolute atomic E-state index is 13.4. The van der Waals surface area contributed by atoms with E-state index in [2.05, 4.69) is 5.43 Å². The van der Waals surface area contributed by atoms with Crippen molar-refractivity contribution in [3.8, 4) is 0 Å². The lowest BCUT2D eigenvalue weighted by Crippen LogP contribution is -2.45. The van der Waals surface area contributed by atoms with E-state index in [1.54, 1.807) is 4.83 Å². The lowest BCUT2D eigenvalue weighted by molar-refractivity contribution is -0.126. The molecule has 1 fully saturated rings. The third-order valence-corrected chi connectivity index (χ3v) is 4.73. The fourth-order valence-electron chi connectivity index (χ4n) is 2.32. The van der Waals surface area contributed by atoms with Gasteiger partial charge in [-0.25, -0.2) is 17.2 Å². The third-order valence-electron chi connectivity index (χ3n) is 3.47. The van der Waals surface area contributed by atoms with Gasteiger partial charge in [-0.3, -0.25) is 10.2 Å². The van der Waals surface area contributed by atoms with Crippen molar-refractivity contribution in [3.63, 3.8) is 0 Å². The van der Waals surface area contributed by atoms with Crippen LogP contribution >= 0.6 is 0 Å². The Kier molecular flexibility index (Phi) is 4.89. The molecule has 116 valence electrons. The number of carbonyl (C=O) groups excluding carboxylic acids is 1. The summed E-state index contributed by atoms with van der Waals surface area (Å²) >= 11 is 0. The first-order valence-corrected chi connectivity index (χ1v) is 8.15. The Labute approximate surface area is 121 Å². The average molecular weight is 318 g/mol. The standard InChI is InChI=1S/C13H16F2N2O3S/c14-10-6-7-11(15)12(8-10)21(19,20)17-16-13(18)9-4-2-1-3-5-9/h6-9,17H,1-5H2,(H,16,18). The number of rotatable bonds is 4. The van der Waals surface area contributed by atoms with Gasteiger partial charge < -0.3 is 0 Å². The summed E-state index contributed by atoms with van der Waals surface area (Å²) in [5.74, 6) is -2.67. The Morgan fingerprint density at radius 1 is 1.14 bits per heavy atom. The number of benzene rings is 1. The highest BCUT2D eigenvalue weighted by Crippen LogP contribution is 2.23. The predicted octanol–water partition coefficient (Wildman–Crippen LogP) is 1.85. The lowest BCUT2D eigenvalue weighted by atomic mass is 9.89. The molecule has 1 saturated carbocycles. The van der Waals surface area contributed by atoms with Crippen LogP contribution in [0, 0.1) is 17.6 Å². The summed E-state index contributed by atoms with van der Waals surface area (Å²) in [5, 5.41) is 0. The van der Waals surface area contributed by atoms with Gasteiger partial charge in [-0.05, 0) is 31.0 Å². The van der Waals surface area contributed by atoms with E-state index in [-0.39, 0.29) is 5.92 Å². The van der Waals surface area contributed by atoms with Crippen molar-refractivity contribution in [2.45, 2.75) is 37.0 Å². The van der Waals surface area contributed by atoms with E-state index in [1.807, 2.05) is 0 Å². The molecule has 21 heavy (non-hydrogen) atoms. The van der Waals surface area contributed by atoms with Crippen LogP contribution in [0.5, 0.6) is 0 Å². The number of halogens is 2. The zero-order chi connectivity index (χ0) is 15.5. The highest BCUT2D eigenvalue weighted by Gasteiger charge is 2.24. The summed E-state index contributed by atoms with van der Waals surface area (Å²) in [4.78, 5) is 12.8. The van der Waals surface area contributed by atoms with Gasteiger partial charge in [-0.1, -0.05) is 19.3 Å². The molecule has 2 rings (SSSR count). The molecule has 0 bridgehead atoms. The van der Waals surface area contributed by atoms with Gasteiger partial charge in [0.05, 0.1) is 0 Å². The maximum atomic E-state index is 13.4. The van der Waals surface area contributed by atoms with Crippen LogP contribution in [0.3, 0.4) is 0 Å². The van der Waals surface area contributed by atoms with Gasteiger partial charge in [-0.15, -0.1) is 4.83 Å². The van der Waals surface area contributed by atoms with Crippen molar-refractivity contribution in [2.24, 2.45) is 5.92 Å². The van der Waals surface area contributed by atoms with Gasteiger partial charge in [-0.2, -0.15) is 0 Å². The highest BCUT2D eigenvalue weighted by molar-refractivity contribution is 7.89. The number of carbonyl (C=O) groups is 1. The maximum Gasteiger partial charge on any atom is 0.260 e. The zero-order valence-corrected chi connectivity index (χ0v) is 12.1. The Morgan fingerprint density at radius 3 is 2.48 bits per heavy atom. The summed E-state index contributed by atoms with van der Waals surface area (Å²) in [6, 6.07) is 2.09. The van der Waals surface area contributed by atoms with E-state index in [0.717, 1.165) is 25.3 Å². The highest BCUT2D eigenvalue weighted by atomic mass is 32.2. The number of hydrogen-bond acceptors (Lipinski definition) is 3. The molecule has 1 aliphatic carbocycles. The van der Waals surface area contributed by atoms with E-state index < -0.39 is 32.5 Å². The molecular weight excluding hydrogens is 302 g/mol. The van der Waals surface area contributed by atoms with Crippen LogP contribution < -0.4 is 10.3 Å². The fraction of sp³-hybridized carbons (Fsp3) is 0.462. The molecule has 0 atom stereocenters. The summed E-state index contributed by atoms with van der Waals surface area (Å²) in [6.07, 6.45) is 4.29. The van der Waals surface area contributed by atoms with E-state index in [9.17, 15) is 22.0 Å². The molecule has 0 radical (unpaired) electrons. The van der Waals surface area contributed by atoms with Gasteiger partial charge in [0.25, 0.3) is 10.0 Å². The molecule has 0 aromatic heterocycles. The SMILES string of the molecule is O=C(NNS(=O)(=O)c1cc(F)ccc1F)C1CCCCC1. The van der Waals surface area contributed by atoms with Gasteiger partial charge in [0, 0.05) is 5.92 Å². The average Bonchev–Trinajstić information content (AvgIpc) is 2.48. The first-order valence-electron chi connectivity index (χ1n) is 6.67. The first-order chi connectivity index (χ1) is 9.90. The monoisotopic (exact) mass is 318 g/mol. The summed E-state index contributed by atoms with van der Waals surface area (Å²) < 4.78 is 50.2. The molecule has 0 saturated heterocycles. The minimum absolute atomic E-state index is 0.251. The van der Waals surface area contributed by atoms with Crippen molar-refractivity contribution >= 4 is 15.9 Å². The lowest BCUT2D eigenvalue weighted by Gasteiger charge is -2.20. The van der Waals surface area contributed by atoms with E-state index in [0.29, 0.717) is 25.0 Å². The van der Waals surface area contributed by atoms with Gasteiger partial charge in [0.1, 0.15) is 16.5 Å². The first kappa shape index (κ1) is 15.8. The van der Waals surface area contributed by atoms with Crippen molar-refractivity contribution in [2.75, 3.05) is 0 Å². The predicted molar refractivity (Wildman–Crippen MR) is 71.4 cm³/mol. The van der Waals surface area contributed by atoms with Crippen LogP contribution in [0.1, 0.15) is 32.1 Å². The van der Waals surface area contributed by atoms with Crippen LogP contribution in [-0.4, -0.2) is 14.3 Å². The molecule has 1 aromatic rings. The van der Waals surface area contributed by atoms with Gasteiger partial charge in [0.2, 0.25) is 5.91 Å². The van der Waals surface area contributed by atoms with Gasteiger partial charge >= 0.3 is 0 Å². The molecular formula is C13H16F2N2O3S. The van der Waals surface area contributed by atoms with Crippen LogP contribution in [0.15, 0.2) is 23.1 Å². The Balaban J connectivity index is 2.04. The zero-order valence-electron chi connectivity index (χ0n) is 11.2. The molecule has 1 aliphatic rings. The molecule has 8 heteroatoms. The van der Waals surface area contributed by atoms with Crippen molar-refractivity contribution in [3.05, 3.63) is 29.8 Å². The smallest absolute Gasteiger partial charge is 0.260 e. The second-order valence-electron chi connectivity index (χ2n) is 5.00. The van der Waals surface area contributed by atoms with Gasteiger partial charge in [0.15, 0.2) is 0 Å². The topological polar surface area (TPSA) is 75.3 Å². The Morgan fingerprint density at radius 2 is 1.81 bits per heavy atom. The van der Waals surface area contributed by atoms with Crippen LogP contribution in [0.25, 0.3) is 0 Å². The largest absolute Gasteiger partial charge is 0.277 e. The van der Waals surface area contributed by atoms with Crippen LogP contribution in [0.4, 0.5) is 8.78 Å². The molecule has 5 nitrogen and oxygen atoms in total. The molecule has 0 unspecified atom stereocenters. The molecule has 1 amide bonds. The second kappa shape index (κ2) is 6.48. The molecule has 0 aliphatic heterocycles. The quantitative estimate of drug-likeness (QED) is 0.832. The normalized spacial score (nSPS) is 16.7. The Hall–Kier alpha value is -1.54. The molecule has 0 spiro atoms. The van der Waals surface area contributed by atoms with Crippen molar-refractivity contribution in [1.82, 2.24) is 10.3 Å². The minimum atomic E-state index is -4.34. The minimum Gasteiger partial charge on any atom is -0.277 e. The number of nitrogens with one attached hydrogen (secondary N) is 2. The number of sulfonamides is 1. The molecule has 2 N–H and O–H groups in total. The van der Waals surface area contributed by atoms with Crippen LogP contribution in [-0.2, 0) is 14.8 Å². The summed E-state index contributed by atoms with van der Waals surface area (Å²) in [5.41, 5.74) is 2.07. The number of hydrazine groups is 1. The number of amides is 1.